The van der Waals surface area contributed by atoms with E-state index < -0.39 is 16.4 Å². The van der Waals surface area contributed by atoms with E-state index in [9.17, 15) is 14.5 Å². The van der Waals surface area contributed by atoms with Crippen LogP contribution in [0.4, 0.5) is 10.1 Å². The fraction of sp³-hybridized carbons (Fsp3) is 0.143. The first-order chi connectivity index (χ1) is 6.06. The van der Waals surface area contributed by atoms with Gasteiger partial charge in [-0.3, -0.25) is 10.1 Å². The molecule has 0 heterocycles. The highest BCUT2D eigenvalue weighted by atomic mass is 35.5. The highest BCUT2D eigenvalue weighted by Crippen LogP contribution is 2.28. The number of halogens is 2. The number of nitrogens with zero attached hydrogens (tertiary/aromatic N) is 1. The van der Waals surface area contributed by atoms with E-state index in [0.717, 1.165) is 6.07 Å². The van der Waals surface area contributed by atoms with Crippen LogP contribution in [-0.2, 0) is 0 Å². The SMILES string of the molecule is Cc1cc(ON)c([N+](=O)[O-])cc1F.Cl. The summed E-state index contributed by atoms with van der Waals surface area (Å²) in [6, 6.07) is 1.95. The lowest BCUT2D eigenvalue weighted by Crippen LogP contribution is -2.05. The lowest BCUT2D eigenvalue weighted by Gasteiger charge is -2.02. The Morgan fingerprint density at radius 3 is 2.57 bits per heavy atom. The molecule has 0 aromatic heterocycles. The number of hydrogen-bond acceptors (Lipinski definition) is 4. The van der Waals surface area contributed by atoms with Crippen LogP contribution in [0.15, 0.2) is 12.1 Å². The molecule has 1 aromatic carbocycles. The summed E-state index contributed by atoms with van der Waals surface area (Å²) in [5.74, 6) is 3.97. The molecular formula is C7H8ClFN2O3. The Hall–Kier alpha value is -1.40. The second-order valence-corrected chi connectivity index (χ2v) is 2.44. The molecule has 0 spiro atoms. The van der Waals surface area contributed by atoms with Crippen molar-refractivity contribution in [1.82, 2.24) is 0 Å². The van der Waals surface area contributed by atoms with Crippen LogP contribution in [0, 0.1) is 22.9 Å². The third-order valence-corrected chi connectivity index (χ3v) is 1.56. The smallest absolute Gasteiger partial charge is 0.316 e. The minimum atomic E-state index is -0.759. The molecule has 0 unspecified atom stereocenters. The highest BCUT2D eigenvalue weighted by molar-refractivity contribution is 5.85. The molecule has 1 aromatic rings. The Labute approximate surface area is 85.2 Å². The van der Waals surface area contributed by atoms with E-state index in [1.807, 2.05) is 0 Å². The zero-order valence-electron chi connectivity index (χ0n) is 7.19. The standard InChI is InChI=1S/C7H7FN2O3.ClH/c1-4-2-7(13-9)6(10(11)12)3-5(4)8;/h2-3H,9H2,1H3;1H. The largest absolute Gasteiger partial charge is 0.404 e. The van der Waals surface area contributed by atoms with Gasteiger partial charge in [-0.05, 0) is 18.6 Å². The molecule has 2 N–H and O–H groups in total. The monoisotopic (exact) mass is 222 g/mol. The zero-order chi connectivity index (χ0) is 10.0. The first-order valence-corrected chi connectivity index (χ1v) is 3.37. The number of nitro groups is 1. The maximum Gasteiger partial charge on any atom is 0.316 e. The summed E-state index contributed by atoms with van der Waals surface area (Å²) in [6.07, 6.45) is 0. The quantitative estimate of drug-likeness (QED) is 0.610. The van der Waals surface area contributed by atoms with Crippen molar-refractivity contribution in [2.75, 3.05) is 0 Å². The maximum atomic E-state index is 12.9. The third kappa shape index (κ3) is 2.30. The van der Waals surface area contributed by atoms with Gasteiger partial charge in [-0.1, -0.05) is 0 Å². The summed E-state index contributed by atoms with van der Waals surface area (Å²) < 4.78 is 12.9. The molecular weight excluding hydrogens is 215 g/mol. The second kappa shape index (κ2) is 4.73. The maximum absolute atomic E-state index is 12.9. The van der Waals surface area contributed by atoms with Crippen LogP contribution in [0.25, 0.3) is 0 Å². The van der Waals surface area contributed by atoms with Crippen molar-refractivity contribution in [2.45, 2.75) is 6.92 Å². The molecule has 0 saturated carbocycles. The van der Waals surface area contributed by atoms with Gasteiger partial charge in [0.15, 0.2) is 0 Å². The Kier molecular flexibility index (Phi) is 4.26. The lowest BCUT2D eigenvalue weighted by molar-refractivity contribution is -0.386. The Morgan fingerprint density at radius 2 is 2.14 bits per heavy atom. The summed E-state index contributed by atoms with van der Waals surface area (Å²) in [5.41, 5.74) is -0.239. The number of hydrogen-bond donors (Lipinski definition) is 1. The molecule has 1 rings (SSSR count). The second-order valence-electron chi connectivity index (χ2n) is 2.44. The molecule has 5 nitrogen and oxygen atoms in total. The van der Waals surface area contributed by atoms with E-state index in [-0.39, 0.29) is 23.7 Å². The fourth-order valence-corrected chi connectivity index (χ4v) is 0.882. The summed E-state index contributed by atoms with van der Waals surface area (Å²) in [7, 11) is 0. The molecule has 0 amide bonds. The van der Waals surface area contributed by atoms with E-state index in [0.29, 0.717) is 0 Å². The van der Waals surface area contributed by atoms with Crippen LogP contribution in [-0.4, -0.2) is 4.92 Å². The van der Waals surface area contributed by atoms with Crippen molar-refractivity contribution in [1.29, 1.82) is 0 Å². The third-order valence-electron chi connectivity index (χ3n) is 1.56. The number of nitro benzene ring substituents is 1. The number of nitrogens with two attached hydrogens (primary N) is 1. The summed E-state index contributed by atoms with van der Waals surface area (Å²) in [4.78, 5) is 13.8. The van der Waals surface area contributed by atoms with Crippen molar-refractivity contribution >= 4 is 18.1 Å². The number of benzene rings is 1. The van der Waals surface area contributed by atoms with Gasteiger partial charge in [0.25, 0.3) is 0 Å². The molecule has 78 valence electrons. The van der Waals surface area contributed by atoms with Crippen molar-refractivity contribution in [3.05, 3.63) is 33.6 Å². The fourth-order valence-electron chi connectivity index (χ4n) is 0.882. The van der Waals surface area contributed by atoms with Crippen LogP contribution in [0.3, 0.4) is 0 Å². The van der Waals surface area contributed by atoms with E-state index >= 15 is 0 Å². The summed E-state index contributed by atoms with van der Waals surface area (Å²) in [6.45, 7) is 1.46. The Bertz CT molecular complexity index is 359. The van der Waals surface area contributed by atoms with Crippen LogP contribution < -0.4 is 10.7 Å². The zero-order valence-corrected chi connectivity index (χ0v) is 8.01. The average Bonchev–Trinajstić information content (AvgIpc) is 2.08. The van der Waals surface area contributed by atoms with Crippen molar-refractivity contribution in [3.8, 4) is 5.75 Å². The lowest BCUT2D eigenvalue weighted by atomic mass is 10.2. The van der Waals surface area contributed by atoms with Gasteiger partial charge >= 0.3 is 5.69 Å². The molecule has 0 saturated heterocycles. The van der Waals surface area contributed by atoms with Crippen molar-refractivity contribution < 1.29 is 14.2 Å². The Balaban J connectivity index is 0.00000169. The molecule has 0 aliphatic carbocycles. The predicted octanol–water partition coefficient (Wildman–Crippen LogP) is 1.72. The predicted molar refractivity (Wildman–Crippen MR) is 49.9 cm³/mol. The molecule has 0 aliphatic rings. The van der Waals surface area contributed by atoms with E-state index in [2.05, 4.69) is 4.84 Å². The Morgan fingerprint density at radius 1 is 1.57 bits per heavy atom. The summed E-state index contributed by atoms with van der Waals surface area (Å²) >= 11 is 0. The van der Waals surface area contributed by atoms with Gasteiger partial charge in [-0.25, -0.2) is 4.39 Å². The van der Waals surface area contributed by atoms with E-state index in [1.54, 1.807) is 0 Å². The van der Waals surface area contributed by atoms with Gasteiger partial charge < -0.3 is 4.84 Å². The van der Waals surface area contributed by atoms with E-state index in [4.69, 9.17) is 5.90 Å². The first-order valence-electron chi connectivity index (χ1n) is 3.37. The molecule has 0 radical (unpaired) electrons. The van der Waals surface area contributed by atoms with Crippen molar-refractivity contribution in [2.24, 2.45) is 5.90 Å². The normalized spacial score (nSPS) is 9.07. The van der Waals surface area contributed by atoms with Gasteiger partial charge in [0.05, 0.1) is 11.0 Å². The van der Waals surface area contributed by atoms with Gasteiger partial charge in [0.1, 0.15) is 5.82 Å². The topological polar surface area (TPSA) is 78.4 Å². The van der Waals surface area contributed by atoms with Crippen LogP contribution >= 0.6 is 12.4 Å². The first kappa shape index (κ1) is 12.6. The minimum Gasteiger partial charge on any atom is -0.404 e. The van der Waals surface area contributed by atoms with E-state index in [1.165, 1.54) is 13.0 Å². The molecule has 0 bridgehead atoms. The molecule has 0 fully saturated rings. The van der Waals surface area contributed by atoms with Crippen LogP contribution in [0.2, 0.25) is 0 Å². The molecule has 0 aliphatic heterocycles. The van der Waals surface area contributed by atoms with Gasteiger partial charge in [-0.2, -0.15) is 5.90 Å². The van der Waals surface area contributed by atoms with Gasteiger partial charge in [-0.15, -0.1) is 12.4 Å². The number of rotatable bonds is 2. The minimum absolute atomic E-state index is 0. The van der Waals surface area contributed by atoms with Gasteiger partial charge in [0.2, 0.25) is 5.75 Å². The molecule has 14 heavy (non-hydrogen) atoms. The van der Waals surface area contributed by atoms with Crippen molar-refractivity contribution in [3.63, 3.8) is 0 Å². The number of aryl methyl sites for hydroxylation is 1. The average molecular weight is 223 g/mol. The summed E-state index contributed by atoms with van der Waals surface area (Å²) in [5, 5.41) is 10.3. The van der Waals surface area contributed by atoms with Crippen LogP contribution in [0.5, 0.6) is 5.75 Å². The highest BCUT2D eigenvalue weighted by Gasteiger charge is 2.17. The van der Waals surface area contributed by atoms with Gasteiger partial charge in [0, 0.05) is 0 Å². The van der Waals surface area contributed by atoms with Crippen LogP contribution in [0.1, 0.15) is 5.56 Å². The molecule has 7 heteroatoms. The molecule has 0 atom stereocenters.